The molecule has 0 fully saturated rings. The molecular weight excluding hydrogens is 444 g/mol. The van der Waals surface area contributed by atoms with Crippen LogP contribution in [0.1, 0.15) is 44.5 Å². The number of benzene rings is 1. The van der Waals surface area contributed by atoms with E-state index in [1.54, 1.807) is 33.3 Å². The summed E-state index contributed by atoms with van der Waals surface area (Å²) in [5, 5.41) is 12.8. The fourth-order valence-corrected chi connectivity index (χ4v) is 4.28. The van der Waals surface area contributed by atoms with Gasteiger partial charge in [-0.05, 0) is 37.0 Å². The smallest absolute Gasteiger partial charge is 0.264 e. The molecule has 3 N–H and O–H groups in total. The van der Waals surface area contributed by atoms with Gasteiger partial charge >= 0.3 is 0 Å². The van der Waals surface area contributed by atoms with E-state index in [-0.39, 0.29) is 35.0 Å². The summed E-state index contributed by atoms with van der Waals surface area (Å²) in [6, 6.07) is 5.23. The molecule has 0 radical (unpaired) electrons. The van der Waals surface area contributed by atoms with Crippen molar-refractivity contribution in [1.29, 1.82) is 0 Å². The Labute approximate surface area is 197 Å². The Morgan fingerprint density at radius 2 is 1.91 bits per heavy atom. The van der Waals surface area contributed by atoms with Crippen LogP contribution in [0.5, 0.6) is 0 Å². The number of hydrogen-bond donors (Lipinski definition) is 3. The van der Waals surface area contributed by atoms with E-state index in [2.05, 4.69) is 25.0 Å². The molecule has 0 aliphatic rings. The quantitative estimate of drug-likeness (QED) is 0.383. The second-order valence-electron chi connectivity index (χ2n) is 8.52. The predicted molar refractivity (Wildman–Crippen MR) is 133 cm³/mol. The maximum Gasteiger partial charge on any atom is 0.264 e. The van der Waals surface area contributed by atoms with Crippen molar-refractivity contribution >= 4 is 33.9 Å². The van der Waals surface area contributed by atoms with Gasteiger partial charge in [0.2, 0.25) is 5.96 Å². The first-order valence-electron chi connectivity index (χ1n) is 10.6. The van der Waals surface area contributed by atoms with Crippen molar-refractivity contribution in [2.75, 3.05) is 34.3 Å². The zero-order valence-electron chi connectivity index (χ0n) is 20.5. The summed E-state index contributed by atoms with van der Waals surface area (Å²) >= 11 is 0. The maximum absolute atomic E-state index is 13.6. The third-order valence-electron chi connectivity index (χ3n) is 4.69. The molecule has 10 nitrogen and oxygen atoms in total. The lowest BCUT2D eigenvalue weighted by Crippen LogP contribution is -2.47. The molecule has 0 aliphatic carbocycles. The molecule has 1 rings (SSSR count). The number of sulfonamides is 1. The van der Waals surface area contributed by atoms with Gasteiger partial charge in [0, 0.05) is 32.9 Å². The molecule has 0 bridgehead atoms. The van der Waals surface area contributed by atoms with Crippen molar-refractivity contribution in [1.82, 2.24) is 14.9 Å². The molecule has 0 aliphatic heterocycles. The number of nitrogens with zero attached hydrogens (tertiary/aromatic N) is 4. The number of amides is 1. The average molecular weight is 481 g/mol. The molecule has 0 spiro atoms. The molecule has 0 saturated carbocycles. The van der Waals surface area contributed by atoms with E-state index in [4.69, 9.17) is 0 Å². The predicted octanol–water partition coefficient (Wildman–Crippen LogP) is 1.53. The summed E-state index contributed by atoms with van der Waals surface area (Å²) in [7, 11) is 0.599. The SMILES string of the molecule is C/C=N\C(CN(C(=O)c1cccc(S(=O)(=O)N/C(=N/C)NC)c1)[C@@H](CO)CC(C)(C)C)=N/C. The number of carbonyl (C=O) groups is 1. The van der Waals surface area contributed by atoms with Gasteiger partial charge in [-0.25, -0.2) is 18.1 Å². The second kappa shape index (κ2) is 12.4. The molecule has 1 atom stereocenters. The molecule has 1 amide bonds. The van der Waals surface area contributed by atoms with E-state index in [1.807, 2.05) is 20.8 Å². The van der Waals surface area contributed by atoms with E-state index in [0.717, 1.165) is 0 Å². The van der Waals surface area contributed by atoms with Crippen molar-refractivity contribution in [3.05, 3.63) is 29.8 Å². The van der Waals surface area contributed by atoms with Crippen LogP contribution in [0.3, 0.4) is 0 Å². The van der Waals surface area contributed by atoms with E-state index < -0.39 is 22.0 Å². The number of hydrogen-bond acceptors (Lipinski definition) is 6. The average Bonchev–Trinajstić information content (AvgIpc) is 2.77. The van der Waals surface area contributed by atoms with Crippen LogP contribution in [0.2, 0.25) is 0 Å². The van der Waals surface area contributed by atoms with Crippen molar-refractivity contribution in [3.63, 3.8) is 0 Å². The summed E-state index contributed by atoms with van der Waals surface area (Å²) in [4.78, 5) is 27.1. The minimum atomic E-state index is -3.97. The normalized spacial score (nSPS) is 14.3. The van der Waals surface area contributed by atoms with Crippen LogP contribution in [-0.4, -0.2) is 82.7 Å². The molecule has 184 valence electrons. The van der Waals surface area contributed by atoms with Gasteiger partial charge in [0.15, 0.2) is 0 Å². The zero-order valence-corrected chi connectivity index (χ0v) is 21.3. The lowest BCUT2D eigenvalue weighted by molar-refractivity contribution is 0.0562. The van der Waals surface area contributed by atoms with Crippen LogP contribution in [0.4, 0.5) is 0 Å². The summed E-state index contributed by atoms with van der Waals surface area (Å²) in [5.41, 5.74) is 0.00217. The van der Waals surface area contributed by atoms with Crippen LogP contribution in [0.25, 0.3) is 0 Å². The summed E-state index contributed by atoms with van der Waals surface area (Å²) < 4.78 is 27.8. The van der Waals surface area contributed by atoms with Gasteiger partial charge < -0.3 is 15.3 Å². The number of aliphatic imine (C=N–C) groups is 3. The van der Waals surface area contributed by atoms with E-state index in [1.165, 1.54) is 30.1 Å². The Kier molecular flexibility index (Phi) is 10.7. The fraction of sp³-hybridized carbons (Fsp3) is 0.545. The molecule has 1 aromatic carbocycles. The first-order chi connectivity index (χ1) is 15.4. The van der Waals surface area contributed by atoms with E-state index >= 15 is 0 Å². The number of aliphatic hydroxyl groups is 1. The lowest BCUT2D eigenvalue weighted by Gasteiger charge is -2.34. The minimum absolute atomic E-state index is 0.0695. The Hall–Kier alpha value is -2.79. The summed E-state index contributed by atoms with van der Waals surface area (Å²) in [6.45, 7) is 7.62. The van der Waals surface area contributed by atoms with Gasteiger partial charge in [0.25, 0.3) is 15.9 Å². The van der Waals surface area contributed by atoms with Crippen molar-refractivity contribution in [3.8, 4) is 0 Å². The van der Waals surface area contributed by atoms with E-state index in [9.17, 15) is 18.3 Å². The van der Waals surface area contributed by atoms with Gasteiger partial charge in [-0.15, -0.1) is 0 Å². The Balaban J connectivity index is 3.44. The molecule has 0 aromatic heterocycles. The van der Waals surface area contributed by atoms with Crippen LogP contribution in [-0.2, 0) is 10.0 Å². The van der Waals surface area contributed by atoms with Gasteiger partial charge in [-0.1, -0.05) is 26.8 Å². The first kappa shape index (κ1) is 28.2. The number of aliphatic hydroxyl groups excluding tert-OH is 1. The topological polar surface area (TPSA) is 136 Å². The highest BCUT2D eigenvalue weighted by Gasteiger charge is 2.30. The molecular formula is C22H36N6O4S. The largest absolute Gasteiger partial charge is 0.394 e. The minimum Gasteiger partial charge on any atom is -0.394 e. The van der Waals surface area contributed by atoms with Crippen LogP contribution in [0.15, 0.2) is 44.1 Å². The van der Waals surface area contributed by atoms with Crippen LogP contribution >= 0.6 is 0 Å². The van der Waals surface area contributed by atoms with Crippen LogP contribution in [0, 0.1) is 5.41 Å². The molecule has 33 heavy (non-hydrogen) atoms. The molecule has 0 saturated heterocycles. The van der Waals surface area contributed by atoms with Gasteiger partial charge in [0.1, 0.15) is 5.84 Å². The number of carbonyl (C=O) groups excluding carboxylic acids is 1. The Morgan fingerprint density at radius 1 is 1.24 bits per heavy atom. The van der Waals surface area contributed by atoms with Gasteiger partial charge in [-0.2, -0.15) is 0 Å². The highest BCUT2D eigenvalue weighted by molar-refractivity contribution is 7.90. The standard InChI is InChI=1S/C22H36N6O4S/c1-8-26-19(23-5)14-28(17(15-29)13-22(2,3)4)20(30)16-10-9-11-18(12-16)33(31,32)27-21(24-6)25-7/h8-12,17,29H,13-15H2,1-7H3,(H2,24,25,27)/b23-19-,26-8-/t17-/m1/s1. The summed E-state index contributed by atoms with van der Waals surface area (Å²) in [5.74, 6) is 0.0578. The first-order valence-corrected chi connectivity index (χ1v) is 12.0. The van der Waals surface area contributed by atoms with Crippen LogP contribution < -0.4 is 10.0 Å². The lowest BCUT2D eigenvalue weighted by atomic mass is 9.87. The molecule has 0 heterocycles. The number of guanidine groups is 1. The second-order valence-corrected chi connectivity index (χ2v) is 10.2. The van der Waals surface area contributed by atoms with E-state index in [0.29, 0.717) is 12.3 Å². The fourth-order valence-electron chi connectivity index (χ4n) is 3.17. The monoisotopic (exact) mass is 480 g/mol. The Morgan fingerprint density at radius 3 is 2.39 bits per heavy atom. The summed E-state index contributed by atoms with van der Waals surface area (Å²) in [6.07, 6.45) is 2.11. The third kappa shape index (κ3) is 8.58. The zero-order chi connectivity index (χ0) is 25.2. The molecule has 0 unspecified atom stereocenters. The molecule has 1 aromatic rings. The van der Waals surface area contributed by atoms with Crippen molar-refractivity contribution < 1.29 is 18.3 Å². The number of nitrogens with one attached hydrogen (secondary N) is 2. The highest BCUT2D eigenvalue weighted by atomic mass is 32.2. The highest BCUT2D eigenvalue weighted by Crippen LogP contribution is 2.25. The van der Waals surface area contributed by atoms with Gasteiger partial charge in [-0.3, -0.25) is 14.8 Å². The maximum atomic E-state index is 13.6. The number of amidine groups is 1. The number of rotatable bonds is 8. The van der Waals surface area contributed by atoms with Crippen molar-refractivity contribution in [2.45, 2.75) is 45.1 Å². The Bertz CT molecular complexity index is 996. The van der Waals surface area contributed by atoms with Gasteiger partial charge in [0.05, 0.1) is 24.1 Å². The third-order valence-corrected chi connectivity index (χ3v) is 6.03. The van der Waals surface area contributed by atoms with Crippen molar-refractivity contribution in [2.24, 2.45) is 20.4 Å². The molecule has 11 heteroatoms.